The smallest absolute Gasteiger partial charge is 0.408 e. The van der Waals surface area contributed by atoms with Crippen molar-refractivity contribution < 1.29 is 19.4 Å². The molecule has 0 saturated carbocycles. The number of hydrogen-bond donors (Lipinski definition) is 2. The molecule has 0 heterocycles. The van der Waals surface area contributed by atoms with Gasteiger partial charge in [-0.3, -0.25) is 0 Å². The summed E-state index contributed by atoms with van der Waals surface area (Å²) in [5.74, 6) is -1.13. The first-order chi connectivity index (χ1) is 9.60. The Kier molecular flexibility index (Phi) is 5.39. The topological polar surface area (TPSA) is 75.6 Å². The molecule has 6 heteroatoms. The molecule has 1 aromatic rings. The Labute approximate surface area is 132 Å². The van der Waals surface area contributed by atoms with Gasteiger partial charge in [0.2, 0.25) is 0 Å². The van der Waals surface area contributed by atoms with Crippen LogP contribution in [0.5, 0.6) is 0 Å². The second-order valence-corrected chi connectivity index (χ2v) is 6.61. The van der Waals surface area contributed by atoms with Gasteiger partial charge in [0, 0.05) is 4.47 Å². The normalized spacial score (nSPS) is 14.1. The molecule has 0 aromatic heterocycles. The first-order valence-electron chi connectivity index (χ1n) is 6.61. The molecule has 0 spiro atoms. The second-order valence-electron chi connectivity index (χ2n) is 5.70. The lowest BCUT2D eigenvalue weighted by Gasteiger charge is -2.31. The molecule has 0 aliphatic rings. The van der Waals surface area contributed by atoms with Crippen LogP contribution in [0.3, 0.4) is 0 Å². The van der Waals surface area contributed by atoms with Gasteiger partial charge in [-0.25, -0.2) is 9.59 Å². The summed E-state index contributed by atoms with van der Waals surface area (Å²) in [5, 5.41) is 12.1. The molecule has 116 valence electrons. The van der Waals surface area contributed by atoms with Crippen LogP contribution >= 0.6 is 15.9 Å². The van der Waals surface area contributed by atoms with Gasteiger partial charge >= 0.3 is 12.1 Å². The van der Waals surface area contributed by atoms with Crippen molar-refractivity contribution >= 4 is 28.0 Å². The Bertz CT molecular complexity index is 521. The SMILES string of the molecule is CCC(NC(=O)OC(C)(C)C)(C(=O)O)c1ccc(Br)cc1. The van der Waals surface area contributed by atoms with Gasteiger partial charge in [-0.15, -0.1) is 0 Å². The zero-order valence-corrected chi connectivity index (χ0v) is 14.2. The molecule has 1 rings (SSSR count). The van der Waals surface area contributed by atoms with Crippen LogP contribution in [0, 0.1) is 0 Å². The molecule has 1 atom stereocenters. The van der Waals surface area contributed by atoms with E-state index in [1.54, 1.807) is 52.0 Å². The van der Waals surface area contributed by atoms with Crippen molar-refractivity contribution in [2.45, 2.75) is 45.3 Å². The lowest BCUT2D eigenvalue weighted by Crippen LogP contribution is -2.52. The van der Waals surface area contributed by atoms with Crippen molar-refractivity contribution in [2.24, 2.45) is 0 Å². The maximum absolute atomic E-state index is 12.0. The van der Waals surface area contributed by atoms with E-state index in [4.69, 9.17) is 4.74 Å². The van der Waals surface area contributed by atoms with Gasteiger partial charge in [0.05, 0.1) is 0 Å². The monoisotopic (exact) mass is 357 g/mol. The lowest BCUT2D eigenvalue weighted by molar-refractivity contribution is -0.145. The fraction of sp³-hybridized carbons (Fsp3) is 0.467. The number of alkyl carbamates (subject to hydrolysis) is 1. The van der Waals surface area contributed by atoms with Crippen LogP contribution in [0.15, 0.2) is 28.7 Å². The van der Waals surface area contributed by atoms with Crippen LogP contribution in [-0.2, 0) is 15.1 Å². The third kappa shape index (κ3) is 4.46. The minimum Gasteiger partial charge on any atom is -0.479 e. The molecule has 0 saturated heterocycles. The van der Waals surface area contributed by atoms with Crippen molar-refractivity contribution in [3.05, 3.63) is 34.3 Å². The summed E-state index contributed by atoms with van der Waals surface area (Å²) in [6.07, 6.45) is -0.557. The van der Waals surface area contributed by atoms with Crippen LogP contribution in [0.25, 0.3) is 0 Å². The van der Waals surface area contributed by atoms with E-state index >= 15 is 0 Å². The molecule has 21 heavy (non-hydrogen) atoms. The zero-order valence-electron chi connectivity index (χ0n) is 12.6. The summed E-state index contributed by atoms with van der Waals surface area (Å²) in [5.41, 5.74) is -1.71. The summed E-state index contributed by atoms with van der Waals surface area (Å²) in [6, 6.07) is 6.80. The molecule has 0 aliphatic carbocycles. The third-order valence-corrected chi connectivity index (χ3v) is 3.48. The van der Waals surface area contributed by atoms with Gasteiger partial charge in [-0.05, 0) is 44.9 Å². The van der Waals surface area contributed by atoms with E-state index in [-0.39, 0.29) is 6.42 Å². The Morgan fingerprint density at radius 3 is 2.14 bits per heavy atom. The second kappa shape index (κ2) is 6.47. The van der Waals surface area contributed by atoms with Gasteiger partial charge in [-0.1, -0.05) is 35.0 Å². The zero-order chi connectivity index (χ0) is 16.3. The quantitative estimate of drug-likeness (QED) is 0.861. The highest BCUT2D eigenvalue weighted by Crippen LogP contribution is 2.27. The van der Waals surface area contributed by atoms with E-state index in [1.165, 1.54) is 0 Å². The highest BCUT2D eigenvalue weighted by atomic mass is 79.9. The maximum atomic E-state index is 12.0. The number of aliphatic carboxylic acids is 1. The first kappa shape index (κ1) is 17.5. The number of carbonyl (C=O) groups is 2. The molecule has 0 fully saturated rings. The highest BCUT2D eigenvalue weighted by molar-refractivity contribution is 9.10. The number of benzene rings is 1. The average Bonchev–Trinajstić information content (AvgIpc) is 2.34. The fourth-order valence-corrected chi connectivity index (χ4v) is 2.17. The van der Waals surface area contributed by atoms with Gasteiger partial charge in [-0.2, -0.15) is 0 Å². The minimum atomic E-state index is -1.51. The molecule has 0 aliphatic heterocycles. The number of amides is 1. The number of carboxylic acids is 1. The molecule has 1 unspecified atom stereocenters. The van der Waals surface area contributed by atoms with Crippen LogP contribution < -0.4 is 5.32 Å². The third-order valence-electron chi connectivity index (χ3n) is 2.95. The Morgan fingerprint density at radius 2 is 1.76 bits per heavy atom. The summed E-state index contributed by atoms with van der Waals surface area (Å²) in [6.45, 7) is 6.87. The average molecular weight is 358 g/mol. The molecule has 1 aromatic carbocycles. The fourth-order valence-electron chi connectivity index (χ4n) is 1.91. The van der Waals surface area contributed by atoms with Gasteiger partial charge in [0.25, 0.3) is 0 Å². The van der Waals surface area contributed by atoms with Crippen LogP contribution in [-0.4, -0.2) is 22.8 Å². The van der Waals surface area contributed by atoms with E-state index < -0.39 is 23.2 Å². The predicted molar refractivity (Wildman–Crippen MR) is 83.1 cm³/mol. The standard InChI is InChI=1S/C15H20BrNO4/c1-5-15(12(18)19,10-6-8-11(16)9-7-10)17-13(20)21-14(2,3)4/h6-9H,5H2,1-4H3,(H,17,20)(H,18,19). The largest absolute Gasteiger partial charge is 0.479 e. The predicted octanol–water partition coefficient (Wildman–Crippen LogP) is 3.66. The lowest BCUT2D eigenvalue weighted by atomic mass is 9.87. The Morgan fingerprint density at radius 1 is 1.24 bits per heavy atom. The van der Waals surface area contributed by atoms with E-state index in [0.717, 1.165) is 4.47 Å². The Balaban J connectivity index is 3.13. The molecule has 2 N–H and O–H groups in total. The maximum Gasteiger partial charge on any atom is 0.408 e. The Hall–Kier alpha value is -1.56. The minimum absolute atomic E-state index is 0.198. The molecule has 1 amide bonds. The van der Waals surface area contributed by atoms with Crippen LogP contribution in [0.1, 0.15) is 39.7 Å². The van der Waals surface area contributed by atoms with E-state index in [1.807, 2.05) is 0 Å². The number of halogens is 1. The number of carboxylic acid groups (broad SMARTS) is 1. The summed E-state index contributed by atoms with van der Waals surface area (Å²) >= 11 is 3.30. The first-order valence-corrected chi connectivity index (χ1v) is 7.40. The number of ether oxygens (including phenoxy) is 1. The van der Waals surface area contributed by atoms with Crippen molar-refractivity contribution in [1.29, 1.82) is 0 Å². The van der Waals surface area contributed by atoms with Crippen LogP contribution in [0.2, 0.25) is 0 Å². The highest BCUT2D eigenvalue weighted by Gasteiger charge is 2.41. The number of hydrogen-bond acceptors (Lipinski definition) is 3. The molecule has 5 nitrogen and oxygen atoms in total. The number of rotatable bonds is 4. The van der Waals surface area contributed by atoms with Gasteiger partial charge in [0.15, 0.2) is 5.54 Å². The summed E-state index contributed by atoms with van der Waals surface area (Å²) in [7, 11) is 0. The van der Waals surface area contributed by atoms with Crippen LogP contribution in [0.4, 0.5) is 4.79 Å². The van der Waals surface area contributed by atoms with Crippen molar-refractivity contribution in [2.75, 3.05) is 0 Å². The molecular formula is C15H20BrNO4. The van der Waals surface area contributed by atoms with E-state index in [2.05, 4.69) is 21.2 Å². The number of carbonyl (C=O) groups excluding carboxylic acids is 1. The number of nitrogens with one attached hydrogen (secondary N) is 1. The molecule has 0 radical (unpaired) electrons. The van der Waals surface area contributed by atoms with Crippen molar-refractivity contribution in [3.63, 3.8) is 0 Å². The summed E-state index contributed by atoms with van der Waals surface area (Å²) in [4.78, 5) is 23.7. The van der Waals surface area contributed by atoms with Gasteiger partial charge < -0.3 is 15.2 Å². The summed E-state index contributed by atoms with van der Waals surface area (Å²) < 4.78 is 6.00. The van der Waals surface area contributed by atoms with E-state index in [9.17, 15) is 14.7 Å². The van der Waals surface area contributed by atoms with Crippen molar-refractivity contribution in [1.82, 2.24) is 5.32 Å². The molecule has 0 bridgehead atoms. The van der Waals surface area contributed by atoms with Crippen molar-refractivity contribution in [3.8, 4) is 0 Å². The molecular weight excluding hydrogens is 338 g/mol. The van der Waals surface area contributed by atoms with Gasteiger partial charge in [0.1, 0.15) is 5.60 Å². The van der Waals surface area contributed by atoms with E-state index in [0.29, 0.717) is 5.56 Å².